The number of rotatable bonds is 2. The lowest BCUT2D eigenvalue weighted by molar-refractivity contribution is -0.0477. The summed E-state index contributed by atoms with van der Waals surface area (Å²) in [7, 11) is 0. The van der Waals surface area contributed by atoms with E-state index >= 15 is 0 Å². The number of hydrogen-bond acceptors (Lipinski definition) is 3. The molecule has 0 amide bonds. The van der Waals surface area contributed by atoms with E-state index in [4.69, 9.17) is 5.73 Å². The molecular formula is C15H21N3O2. The van der Waals surface area contributed by atoms with Gasteiger partial charge in [0.05, 0.1) is 0 Å². The maximum absolute atomic E-state index is 11.5. The van der Waals surface area contributed by atoms with Gasteiger partial charge in [0.1, 0.15) is 0 Å². The predicted molar refractivity (Wildman–Crippen MR) is 75.1 cm³/mol. The Kier molecular flexibility index (Phi) is 2.67. The molecular weight excluding hydrogens is 254 g/mol. The topological polar surface area (TPSA) is 91.7 Å². The second-order valence-electron chi connectivity index (χ2n) is 7.08. The van der Waals surface area contributed by atoms with E-state index in [0.717, 1.165) is 11.8 Å². The number of nitrogens with two attached hydrogens (primary N) is 1. The first-order valence-electron chi connectivity index (χ1n) is 7.69. The molecule has 4 aliphatic carbocycles. The molecule has 4 aliphatic rings. The molecule has 1 heterocycles. The third-order valence-electron chi connectivity index (χ3n) is 5.85. The molecule has 108 valence electrons. The summed E-state index contributed by atoms with van der Waals surface area (Å²) in [4.78, 5) is 27.8. The van der Waals surface area contributed by atoms with Gasteiger partial charge in [0, 0.05) is 17.8 Å². The largest absolute Gasteiger partial charge is 0.325 e. The quantitative estimate of drug-likeness (QED) is 0.755. The Balaban J connectivity index is 1.67. The second kappa shape index (κ2) is 4.32. The van der Waals surface area contributed by atoms with Crippen LogP contribution in [0, 0.1) is 29.6 Å². The molecule has 4 bridgehead atoms. The number of H-pyrrole nitrogens is 2. The molecule has 4 fully saturated rings. The zero-order chi connectivity index (χ0) is 13.9. The van der Waals surface area contributed by atoms with Gasteiger partial charge in [-0.25, -0.2) is 4.79 Å². The first kappa shape index (κ1) is 12.4. The van der Waals surface area contributed by atoms with Crippen molar-refractivity contribution in [2.24, 2.45) is 35.3 Å². The average Bonchev–Trinajstić information content (AvgIpc) is 2.35. The molecule has 4 saturated carbocycles. The van der Waals surface area contributed by atoms with Crippen LogP contribution >= 0.6 is 0 Å². The minimum atomic E-state index is -0.452. The van der Waals surface area contributed by atoms with Gasteiger partial charge in [0.15, 0.2) is 0 Å². The Morgan fingerprint density at radius 2 is 1.60 bits per heavy atom. The van der Waals surface area contributed by atoms with Crippen molar-refractivity contribution < 1.29 is 0 Å². The van der Waals surface area contributed by atoms with Crippen LogP contribution < -0.4 is 17.0 Å². The van der Waals surface area contributed by atoms with Gasteiger partial charge in [0.25, 0.3) is 5.56 Å². The van der Waals surface area contributed by atoms with Crippen molar-refractivity contribution in [2.45, 2.75) is 38.1 Å². The molecule has 5 nitrogen and oxygen atoms in total. The molecule has 1 aromatic heterocycles. The summed E-state index contributed by atoms with van der Waals surface area (Å²) in [5.41, 5.74) is 6.23. The van der Waals surface area contributed by atoms with Gasteiger partial charge in [-0.15, -0.1) is 0 Å². The molecule has 0 aliphatic heterocycles. The van der Waals surface area contributed by atoms with Crippen molar-refractivity contribution in [2.75, 3.05) is 0 Å². The van der Waals surface area contributed by atoms with Gasteiger partial charge in [-0.05, 0) is 61.7 Å². The number of hydrogen-bond donors (Lipinski definition) is 3. The summed E-state index contributed by atoms with van der Waals surface area (Å²) in [6, 6.07) is 1.25. The fourth-order valence-corrected chi connectivity index (χ4v) is 5.43. The molecule has 0 saturated heterocycles. The van der Waals surface area contributed by atoms with Crippen LogP contribution in [0.5, 0.6) is 0 Å². The van der Waals surface area contributed by atoms with Crippen LogP contribution in [-0.2, 0) is 0 Å². The molecule has 5 heteroatoms. The van der Waals surface area contributed by atoms with E-state index in [-0.39, 0.29) is 11.6 Å². The first-order chi connectivity index (χ1) is 9.60. The van der Waals surface area contributed by atoms with Crippen molar-refractivity contribution in [3.63, 3.8) is 0 Å². The Labute approximate surface area is 117 Å². The molecule has 0 spiro atoms. The van der Waals surface area contributed by atoms with E-state index in [1.165, 1.54) is 38.2 Å². The molecule has 20 heavy (non-hydrogen) atoms. The van der Waals surface area contributed by atoms with Gasteiger partial charge in [-0.2, -0.15) is 0 Å². The molecule has 5 rings (SSSR count). The van der Waals surface area contributed by atoms with Crippen LogP contribution in [0.2, 0.25) is 0 Å². The van der Waals surface area contributed by atoms with Crippen molar-refractivity contribution in [3.05, 3.63) is 32.6 Å². The van der Waals surface area contributed by atoms with E-state index in [1.807, 2.05) is 0 Å². The minimum absolute atomic E-state index is 0.208. The lowest BCUT2D eigenvalue weighted by Gasteiger charge is -2.55. The van der Waals surface area contributed by atoms with E-state index < -0.39 is 5.69 Å². The van der Waals surface area contributed by atoms with Crippen LogP contribution in [-0.4, -0.2) is 9.97 Å². The van der Waals surface area contributed by atoms with Gasteiger partial charge < -0.3 is 10.7 Å². The van der Waals surface area contributed by atoms with E-state index in [0.29, 0.717) is 23.4 Å². The second-order valence-corrected chi connectivity index (χ2v) is 7.08. The zero-order valence-electron chi connectivity index (χ0n) is 11.5. The van der Waals surface area contributed by atoms with E-state index in [1.54, 1.807) is 0 Å². The maximum Gasteiger partial charge on any atom is 0.325 e. The van der Waals surface area contributed by atoms with Gasteiger partial charge in [-0.1, -0.05) is 0 Å². The number of aromatic amines is 2. The zero-order valence-corrected chi connectivity index (χ0v) is 11.5. The highest BCUT2D eigenvalue weighted by Gasteiger charge is 2.50. The van der Waals surface area contributed by atoms with Crippen molar-refractivity contribution in [3.8, 4) is 0 Å². The number of nitrogens with one attached hydrogen (secondary N) is 2. The van der Waals surface area contributed by atoms with Gasteiger partial charge >= 0.3 is 5.69 Å². The molecule has 0 aromatic carbocycles. The molecule has 1 atom stereocenters. The molecule has 4 N–H and O–H groups in total. The lowest BCUT2D eigenvalue weighted by Crippen LogP contribution is -2.49. The average molecular weight is 275 g/mol. The van der Waals surface area contributed by atoms with Crippen molar-refractivity contribution in [1.29, 1.82) is 0 Å². The summed E-state index contributed by atoms with van der Waals surface area (Å²) in [5.74, 6) is 3.60. The SMILES string of the molecule is NC(c1cc(=O)[nH]c(=O)[nH]1)C1C2CC3CC(C2)CC1C3. The Hall–Kier alpha value is -1.36. The van der Waals surface area contributed by atoms with Crippen LogP contribution in [0.3, 0.4) is 0 Å². The summed E-state index contributed by atoms with van der Waals surface area (Å²) in [5, 5.41) is 0. The summed E-state index contributed by atoms with van der Waals surface area (Å²) < 4.78 is 0. The Morgan fingerprint density at radius 1 is 1.00 bits per heavy atom. The van der Waals surface area contributed by atoms with E-state index in [2.05, 4.69) is 9.97 Å². The highest BCUT2D eigenvalue weighted by atomic mass is 16.2. The van der Waals surface area contributed by atoms with Gasteiger partial charge in [0.2, 0.25) is 0 Å². The van der Waals surface area contributed by atoms with Crippen LogP contribution in [0.15, 0.2) is 15.7 Å². The molecule has 1 aromatic rings. The standard InChI is InChI=1S/C15H21N3O2/c16-14(11-6-12(19)18-15(20)17-11)13-9-2-7-1-8(4-9)5-10(13)3-7/h6-10,13-14H,1-5,16H2,(H2,17,18,19,20). The maximum atomic E-state index is 11.5. The normalized spacial score (nSPS) is 40.0. The fraction of sp³-hybridized carbons (Fsp3) is 0.733. The predicted octanol–water partition coefficient (Wildman–Crippen LogP) is 1.14. The summed E-state index contributed by atoms with van der Waals surface area (Å²) in [6.45, 7) is 0. The highest BCUT2D eigenvalue weighted by molar-refractivity contribution is 5.11. The Bertz CT molecular complexity index is 576. The Morgan fingerprint density at radius 3 is 2.15 bits per heavy atom. The van der Waals surface area contributed by atoms with Crippen molar-refractivity contribution >= 4 is 0 Å². The summed E-state index contributed by atoms with van der Waals surface area (Å²) >= 11 is 0. The fourth-order valence-electron chi connectivity index (χ4n) is 5.43. The third-order valence-corrected chi connectivity index (χ3v) is 5.85. The van der Waals surface area contributed by atoms with Crippen molar-refractivity contribution in [1.82, 2.24) is 9.97 Å². The van der Waals surface area contributed by atoms with Crippen LogP contribution in [0.25, 0.3) is 0 Å². The smallest absolute Gasteiger partial charge is 0.322 e. The molecule has 0 radical (unpaired) electrons. The monoisotopic (exact) mass is 275 g/mol. The lowest BCUT2D eigenvalue weighted by atomic mass is 9.50. The van der Waals surface area contributed by atoms with Crippen LogP contribution in [0.1, 0.15) is 43.8 Å². The highest BCUT2D eigenvalue weighted by Crippen LogP contribution is 2.58. The van der Waals surface area contributed by atoms with Crippen LogP contribution in [0.4, 0.5) is 0 Å². The number of aromatic nitrogens is 2. The van der Waals surface area contributed by atoms with E-state index in [9.17, 15) is 9.59 Å². The third kappa shape index (κ3) is 1.87. The van der Waals surface area contributed by atoms with Gasteiger partial charge in [-0.3, -0.25) is 9.78 Å². The molecule has 1 unspecified atom stereocenters. The summed E-state index contributed by atoms with van der Waals surface area (Å²) in [6.07, 6.45) is 6.58. The first-order valence-corrected chi connectivity index (χ1v) is 7.69. The minimum Gasteiger partial charge on any atom is -0.322 e.